The van der Waals surface area contributed by atoms with Crippen LogP contribution in [-0.4, -0.2) is 0 Å². The van der Waals surface area contributed by atoms with Gasteiger partial charge in [0.05, 0.1) is 0 Å². The summed E-state index contributed by atoms with van der Waals surface area (Å²) in [4.78, 5) is 0. The largest absolute Gasteiger partial charge is 0.0808 e. The molecule has 2 aliphatic carbocycles. The molecule has 0 amide bonds. The van der Waals surface area contributed by atoms with Gasteiger partial charge in [-0.2, -0.15) is 0 Å². The molecule has 23 heavy (non-hydrogen) atoms. The first-order valence-corrected chi connectivity index (χ1v) is 8.76. The molecule has 0 aromatic heterocycles. The molecule has 2 aromatic carbocycles. The van der Waals surface area contributed by atoms with Gasteiger partial charge < -0.3 is 0 Å². The Morgan fingerprint density at radius 1 is 0.739 bits per heavy atom. The van der Waals surface area contributed by atoms with E-state index >= 15 is 0 Å². The van der Waals surface area contributed by atoms with Crippen LogP contribution in [0.15, 0.2) is 85.0 Å². The van der Waals surface area contributed by atoms with Crippen LogP contribution in [0.5, 0.6) is 0 Å². The summed E-state index contributed by atoms with van der Waals surface area (Å²) >= 11 is 0. The second kappa shape index (κ2) is 5.85. The molecule has 3 unspecified atom stereocenters. The van der Waals surface area contributed by atoms with Crippen molar-refractivity contribution >= 4 is 0 Å². The van der Waals surface area contributed by atoms with Gasteiger partial charge in [-0.05, 0) is 41.7 Å². The zero-order valence-electron chi connectivity index (χ0n) is 13.7. The maximum atomic E-state index is 2.46. The second-order valence-corrected chi connectivity index (χ2v) is 7.13. The molecule has 0 heteroatoms. The normalized spacial score (nSPS) is 26.2. The van der Waals surface area contributed by atoms with E-state index in [0.29, 0.717) is 11.8 Å². The average molecular weight is 300 g/mol. The predicted molar refractivity (Wildman–Crippen MR) is 97.3 cm³/mol. The van der Waals surface area contributed by atoms with Gasteiger partial charge >= 0.3 is 0 Å². The Morgan fingerprint density at radius 2 is 1.30 bits per heavy atom. The topological polar surface area (TPSA) is 0 Å². The first-order valence-electron chi connectivity index (χ1n) is 8.76. The van der Waals surface area contributed by atoms with Crippen molar-refractivity contribution in [1.82, 2.24) is 0 Å². The van der Waals surface area contributed by atoms with E-state index < -0.39 is 0 Å². The van der Waals surface area contributed by atoms with Gasteiger partial charge in [-0.1, -0.05) is 91.9 Å². The van der Waals surface area contributed by atoms with Crippen LogP contribution in [0.4, 0.5) is 0 Å². The number of hydrogen-bond donors (Lipinski definition) is 0. The first kappa shape index (κ1) is 14.5. The van der Waals surface area contributed by atoms with Gasteiger partial charge in [-0.25, -0.2) is 0 Å². The quantitative estimate of drug-likeness (QED) is 0.676. The van der Waals surface area contributed by atoms with E-state index in [2.05, 4.69) is 91.9 Å². The molecular formula is C23H24. The zero-order valence-corrected chi connectivity index (χ0v) is 13.7. The maximum Gasteiger partial charge on any atom is 0.0208 e. The van der Waals surface area contributed by atoms with E-state index in [1.807, 2.05) is 0 Å². The summed E-state index contributed by atoms with van der Waals surface area (Å²) < 4.78 is 0. The Balaban J connectivity index is 1.84. The minimum atomic E-state index is 0.0669. The molecule has 0 nitrogen and oxygen atoms in total. The molecule has 4 rings (SSSR count). The van der Waals surface area contributed by atoms with Gasteiger partial charge in [0.15, 0.2) is 0 Å². The van der Waals surface area contributed by atoms with Gasteiger partial charge in [-0.15, -0.1) is 0 Å². The van der Waals surface area contributed by atoms with Crippen molar-refractivity contribution < 1.29 is 0 Å². The third-order valence-electron chi connectivity index (χ3n) is 6.06. The lowest BCUT2D eigenvalue weighted by atomic mass is 9.63. The highest BCUT2D eigenvalue weighted by Gasteiger charge is 2.46. The molecule has 0 N–H and O–H groups in total. The Morgan fingerprint density at radius 3 is 1.91 bits per heavy atom. The Bertz CT molecular complexity index is 669. The first-order chi connectivity index (χ1) is 11.3. The molecule has 0 saturated heterocycles. The Kier molecular flexibility index (Phi) is 3.69. The fraction of sp³-hybridized carbons (Fsp3) is 0.304. The lowest BCUT2D eigenvalue weighted by molar-refractivity contribution is 0.289. The van der Waals surface area contributed by atoms with Crippen molar-refractivity contribution in [1.29, 1.82) is 0 Å². The Labute approximate surface area is 139 Å². The van der Waals surface area contributed by atoms with Crippen LogP contribution in [-0.2, 0) is 5.41 Å². The summed E-state index contributed by atoms with van der Waals surface area (Å²) in [6.45, 7) is 2.46. The SMILES string of the molecule is CC(c1ccccc1)(c1ccccc1)C1CCC2C=CC=CC21. The molecule has 0 spiro atoms. The minimum Gasteiger partial charge on any atom is -0.0808 e. The fourth-order valence-corrected chi connectivity index (χ4v) is 4.79. The monoisotopic (exact) mass is 300 g/mol. The summed E-state index contributed by atoms with van der Waals surface area (Å²) in [6.07, 6.45) is 11.9. The summed E-state index contributed by atoms with van der Waals surface area (Å²) in [7, 11) is 0. The molecule has 2 aliphatic rings. The Hall–Kier alpha value is -2.08. The van der Waals surface area contributed by atoms with Gasteiger partial charge in [0.25, 0.3) is 0 Å². The second-order valence-electron chi connectivity index (χ2n) is 7.13. The third kappa shape index (κ3) is 2.37. The van der Waals surface area contributed by atoms with Crippen molar-refractivity contribution in [3.8, 4) is 0 Å². The van der Waals surface area contributed by atoms with Crippen LogP contribution in [0.3, 0.4) is 0 Å². The van der Waals surface area contributed by atoms with Gasteiger partial charge in [0.1, 0.15) is 0 Å². The highest BCUT2D eigenvalue weighted by molar-refractivity contribution is 5.41. The van der Waals surface area contributed by atoms with Gasteiger partial charge in [0.2, 0.25) is 0 Å². The molecular weight excluding hydrogens is 276 g/mol. The molecule has 1 fully saturated rings. The summed E-state index contributed by atoms with van der Waals surface area (Å²) in [5, 5.41) is 0. The highest BCUT2D eigenvalue weighted by Crippen LogP contribution is 2.52. The molecule has 0 radical (unpaired) electrons. The lowest BCUT2D eigenvalue weighted by Gasteiger charge is -2.40. The van der Waals surface area contributed by atoms with Gasteiger partial charge in [0, 0.05) is 5.41 Å². The van der Waals surface area contributed by atoms with E-state index in [0.717, 1.165) is 5.92 Å². The number of fused-ring (bicyclic) bond motifs is 1. The van der Waals surface area contributed by atoms with Crippen LogP contribution >= 0.6 is 0 Å². The smallest absolute Gasteiger partial charge is 0.0208 e. The summed E-state index contributed by atoms with van der Waals surface area (Å²) in [5.74, 6) is 2.03. The van der Waals surface area contributed by atoms with Crippen LogP contribution in [0.2, 0.25) is 0 Å². The maximum absolute atomic E-state index is 2.46. The van der Waals surface area contributed by atoms with Crippen molar-refractivity contribution in [3.63, 3.8) is 0 Å². The van der Waals surface area contributed by atoms with E-state index in [9.17, 15) is 0 Å². The number of hydrogen-bond acceptors (Lipinski definition) is 0. The number of allylic oxidation sites excluding steroid dienone is 4. The molecule has 2 aromatic rings. The third-order valence-corrected chi connectivity index (χ3v) is 6.06. The summed E-state index contributed by atoms with van der Waals surface area (Å²) in [6, 6.07) is 22.2. The highest BCUT2D eigenvalue weighted by atomic mass is 14.5. The molecule has 116 valence electrons. The number of benzene rings is 2. The van der Waals surface area contributed by atoms with Crippen LogP contribution in [0.25, 0.3) is 0 Å². The van der Waals surface area contributed by atoms with Crippen molar-refractivity contribution in [2.45, 2.75) is 25.2 Å². The molecule has 0 heterocycles. The zero-order chi connectivity index (χ0) is 15.7. The van der Waals surface area contributed by atoms with Crippen LogP contribution < -0.4 is 0 Å². The van der Waals surface area contributed by atoms with E-state index in [-0.39, 0.29) is 5.41 Å². The number of rotatable bonds is 3. The molecule has 3 atom stereocenters. The van der Waals surface area contributed by atoms with Crippen molar-refractivity contribution in [2.75, 3.05) is 0 Å². The minimum absolute atomic E-state index is 0.0669. The fourth-order valence-electron chi connectivity index (χ4n) is 4.79. The van der Waals surface area contributed by atoms with Crippen molar-refractivity contribution in [2.24, 2.45) is 17.8 Å². The molecule has 1 saturated carbocycles. The average Bonchev–Trinajstić information content (AvgIpc) is 3.07. The molecule has 0 aliphatic heterocycles. The standard InChI is InChI=1S/C23H24/c1-23(19-11-4-2-5-12-19,20-13-6-3-7-14-20)22-17-16-18-10-8-9-15-21(18)22/h2-15,18,21-22H,16-17H2,1H3. The van der Waals surface area contributed by atoms with Crippen LogP contribution in [0.1, 0.15) is 30.9 Å². The summed E-state index contributed by atoms with van der Waals surface area (Å²) in [5.41, 5.74) is 2.96. The van der Waals surface area contributed by atoms with Gasteiger partial charge in [-0.3, -0.25) is 0 Å². The van der Waals surface area contributed by atoms with E-state index in [1.165, 1.54) is 24.0 Å². The van der Waals surface area contributed by atoms with Crippen LogP contribution in [0, 0.1) is 17.8 Å². The lowest BCUT2D eigenvalue weighted by Crippen LogP contribution is -2.36. The van der Waals surface area contributed by atoms with Crippen molar-refractivity contribution in [3.05, 3.63) is 96.1 Å². The van der Waals surface area contributed by atoms with E-state index in [1.54, 1.807) is 0 Å². The molecule has 0 bridgehead atoms. The predicted octanol–water partition coefficient (Wildman–Crippen LogP) is 5.76. The van der Waals surface area contributed by atoms with E-state index in [4.69, 9.17) is 0 Å².